The Balaban J connectivity index is 3.64. The molecule has 37 heavy (non-hydrogen) atoms. The van der Waals surface area contributed by atoms with Gasteiger partial charge in [0.2, 0.25) is 0 Å². The van der Waals surface area contributed by atoms with Gasteiger partial charge in [0.1, 0.15) is 11.9 Å². The maximum absolute atomic E-state index is 12.1. The molecule has 0 amide bonds. The van der Waals surface area contributed by atoms with Gasteiger partial charge in [-0.3, -0.25) is 9.59 Å². The van der Waals surface area contributed by atoms with Crippen molar-refractivity contribution in [3.8, 4) is 0 Å². The Labute approximate surface area is 232 Å². The summed E-state index contributed by atoms with van der Waals surface area (Å²) in [5.41, 5.74) is 0. The molecule has 0 rings (SSSR count). The lowest BCUT2D eigenvalue weighted by atomic mass is 10.0. The Morgan fingerprint density at radius 3 is 1.57 bits per heavy atom. The van der Waals surface area contributed by atoms with E-state index in [9.17, 15) is 9.59 Å². The monoisotopic (exact) mass is 520 g/mol. The highest BCUT2D eigenvalue weighted by atomic mass is 16.5. The van der Waals surface area contributed by atoms with Crippen molar-refractivity contribution in [2.45, 2.75) is 194 Å². The second kappa shape index (κ2) is 29.4. The van der Waals surface area contributed by atoms with Crippen LogP contribution in [0.25, 0.3) is 0 Å². The molecule has 0 bridgehead atoms. The van der Waals surface area contributed by atoms with Crippen LogP contribution in [0.5, 0.6) is 0 Å². The van der Waals surface area contributed by atoms with Crippen molar-refractivity contribution in [3.63, 3.8) is 0 Å². The molecule has 1 atom stereocenters. The van der Waals surface area contributed by atoms with E-state index in [1.54, 1.807) is 0 Å². The van der Waals surface area contributed by atoms with E-state index in [2.05, 4.69) is 26.0 Å². The third kappa shape index (κ3) is 27.7. The van der Waals surface area contributed by atoms with Crippen LogP contribution in [-0.2, 0) is 14.3 Å². The van der Waals surface area contributed by atoms with E-state index in [0.717, 1.165) is 57.8 Å². The van der Waals surface area contributed by atoms with E-state index in [0.29, 0.717) is 12.2 Å². The lowest BCUT2D eigenvalue weighted by Crippen LogP contribution is -2.17. The summed E-state index contributed by atoms with van der Waals surface area (Å²) in [7, 11) is 0. The second-order valence-electron chi connectivity index (χ2n) is 11.2. The molecule has 0 aliphatic rings. The number of ether oxygens (including phenoxy) is 1. The van der Waals surface area contributed by atoms with Crippen molar-refractivity contribution in [1.82, 2.24) is 0 Å². The average Bonchev–Trinajstić information content (AvgIpc) is 2.88. The van der Waals surface area contributed by atoms with Gasteiger partial charge in [-0.15, -0.1) is 0 Å². The molecule has 0 heterocycles. The largest absolute Gasteiger partial charge is 0.462 e. The fraction of sp³-hybridized carbons (Fsp3) is 0.882. The van der Waals surface area contributed by atoms with Gasteiger partial charge in [0.25, 0.3) is 0 Å². The van der Waals surface area contributed by atoms with Crippen molar-refractivity contribution in [2.75, 3.05) is 0 Å². The minimum Gasteiger partial charge on any atom is -0.462 e. The molecule has 3 heteroatoms. The third-order valence-electron chi connectivity index (χ3n) is 7.33. The third-order valence-corrected chi connectivity index (χ3v) is 7.33. The summed E-state index contributed by atoms with van der Waals surface area (Å²) in [5, 5.41) is 0. The second-order valence-corrected chi connectivity index (χ2v) is 11.2. The van der Waals surface area contributed by atoms with Crippen molar-refractivity contribution < 1.29 is 14.3 Å². The molecular weight excluding hydrogens is 456 g/mol. The maximum atomic E-state index is 12.1. The molecule has 3 nitrogen and oxygen atoms in total. The number of esters is 1. The molecular formula is C34H64O3. The summed E-state index contributed by atoms with van der Waals surface area (Å²) < 4.78 is 5.71. The Bertz CT molecular complexity index is 525. The van der Waals surface area contributed by atoms with E-state index in [-0.39, 0.29) is 12.1 Å². The van der Waals surface area contributed by atoms with E-state index >= 15 is 0 Å². The van der Waals surface area contributed by atoms with Gasteiger partial charge in [0.05, 0.1) is 0 Å². The smallest absolute Gasteiger partial charge is 0.306 e. The lowest BCUT2D eigenvalue weighted by Gasteiger charge is -2.16. The van der Waals surface area contributed by atoms with Crippen LogP contribution < -0.4 is 0 Å². The number of rotatable bonds is 29. The van der Waals surface area contributed by atoms with Gasteiger partial charge in [-0.1, -0.05) is 129 Å². The maximum Gasteiger partial charge on any atom is 0.306 e. The molecule has 0 spiro atoms. The van der Waals surface area contributed by atoms with Crippen LogP contribution >= 0.6 is 0 Å². The number of Topliss-reactive ketones (excluding diaryl/α,β-unsaturated/α-hetero) is 1. The predicted octanol–water partition coefficient (Wildman–Crippen LogP) is 11.2. The van der Waals surface area contributed by atoms with Crippen molar-refractivity contribution in [1.29, 1.82) is 0 Å². The molecule has 0 aromatic heterocycles. The molecule has 0 N–H and O–H groups in total. The SMILES string of the molecule is CCCCCCCCCCCCC(=O)CCCCCCC/C=C\C[C@@H](CCCCCC)OC(=O)CCC. The van der Waals surface area contributed by atoms with Crippen LogP contribution in [0.2, 0.25) is 0 Å². The molecule has 0 aromatic rings. The number of carbonyl (C=O) groups is 2. The summed E-state index contributed by atoms with van der Waals surface area (Å²) in [6.45, 7) is 6.52. The van der Waals surface area contributed by atoms with Gasteiger partial charge in [-0.25, -0.2) is 0 Å². The number of ketones is 1. The first-order valence-electron chi connectivity index (χ1n) is 16.5. The summed E-state index contributed by atoms with van der Waals surface area (Å²) in [6, 6.07) is 0. The Morgan fingerprint density at radius 1 is 0.541 bits per heavy atom. The van der Waals surface area contributed by atoms with Gasteiger partial charge in [-0.05, 0) is 44.9 Å². The van der Waals surface area contributed by atoms with Crippen LogP contribution in [0, 0.1) is 0 Å². The predicted molar refractivity (Wildman–Crippen MR) is 161 cm³/mol. The summed E-state index contributed by atoms with van der Waals surface area (Å²) in [4.78, 5) is 24.0. The quantitative estimate of drug-likeness (QED) is 0.0559. The fourth-order valence-electron chi connectivity index (χ4n) is 4.89. The molecule has 0 fully saturated rings. The zero-order valence-electron chi connectivity index (χ0n) is 25.3. The molecule has 0 aliphatic heterocycles. The van der Waals surface area contributed by atoms with E-state index < -0.39 is 0 Å². The van der Waals surface area contributed by atoms with Gasteiger partial charge in [-0.2, -0.15) is 0 Å². The van der Waals surface area contributed by atoms with Crippen LogP contribution in [0.15, 0.2) is 12.2 Å². The number of hydrogen-bond acceptors (Lipinski definition) is 3. The highest BCUT2D eigenvalue weighted by Gasteiger charge is 2.12. The number of hydrogen-bond donors (Lipinski definition) is 0. The van der Waals surface area contributed by atoms with E-state index in [1.165, 1.54) is 103 Å². The highest BCUT2D eigenvalue weighted by molar-refractivity contribution is 5.78. The molecule has 0 saturated heterocycles. The van der Waals surface area contributed by atoms with E-state index in [1.807, 2.05) is 6.92 Å². The first kappa shape index (κ1) is 35.9. The van der Waals surface area contributed by atoms with Crippen molar-refractivity contribution >= 4 is 11.8 Å². The number of allylic oxidation sites excluding steroid dienone is 1. The molecule has 0 unspecified atom stereocenters. The Hall–Kier alpha value is -1.12. The van der Waals surface area contributed by atoms with Gasteiger partial charge in [0.15, 0.2) is 0 Å². The minimum absolute atomic E-state index is 0.0432. The van der Waals surface area contributed by atoms with Crippen LogP contribution in [0.3, 0.4) is 0 Å². The first-order chi connectivity index (χ1) is 18.1. The minimum atomic E-state index is -0.0432. The first-order valence-corrected chi connectivity index (χ1v) is 16.5. The zero-order chi connectivity index (χ0) is 27.2. The molecule has 218 valence electrons. The summed E-state index contributed by atoms with van der Waals surface area (Å²) in [5.74, 6) is 0.435. The highest BCUT2D eigenvalue weighted by Crippen LogP contribution is 2.15. The standard InChI is InChI=1S/C34H64O3/c1-4-7-9-11-12-13-14-17-20-23-28-32(35)29-24-21-18-15-16-19-22-26-31-33(30-25-10-8-5-2)37-34(36)27-6-3/h22,26,33H,4-21,23-25,27-31H2,1-3H3/b26-22-/t33-/m1/s1. The number of unbranched alkanes of at least 4 members (excludes halogenated alkanes) is 17. The molecule has 0 saturated carbocycles. The Morgan fingerprint density at radius 2 is 1.03 bits per heavy atom. The van der Waals surface area contributed by atoms with Gasteiger partial charge in [0, 0.05) is 25.7 Å². The van der Waals surface area contributed by atoms with Crippen LogP contribution in [0.4, 0.5) is 0 Å². The van der Waals surface area contributed by atoms with Crippen molar-refractivity contribution in [3.05, 3.63) is 12.2 Å². The van der Waals surface area contributed by atoms with Crippen molar-refractivity contribution in [2.24, 2.45) is 0 Å². The summed E-state index contributed by atoms with van der Waals surface area (Å²) >= 11 is 0. The lowest BCUT2D eigenvalue weighted by molar-refractivity contribution is -0.149. The molecule has 0 aliphatic carbocycles. The normalized spacial score (nSPS) is 12.3. The molecule has 0 radical (unpaired) electrons. The number of carbonyl (C=O) groups excluding carboxylic acids is 2. The average molecular weight is 521 g/mol. The fourth-order valence-corrected chi connectivity index (χ4v) is 4.89. The molecule has 0 aromatic carbocycles. The van der Waals surface area contributed by atoms with Gasteiger partial charge < -0.3 is 4.74 Å². The Kier molecular flexibility index (Phi) is 28.5. The summed E-state index contributed by atoms with van der Waals surface area (Å²) in [6.07, 6.45) is 34.5. The topological polar surface area (TPSA) is 43.4 Å². The van der Waals surface area contributed by atoms with Crippen LogP contribution in [0.1, 0.15) is 188 Å². The zero-order valence-corrected chi connectivity index (χ0v) is 25.3. The van der Waals surface area contributed by atoms with E-state index in [4.69, 9.17) is 4.74 Å². The van der Waals surface area contributed by atoms with Crippen LogP contribution in [-0.4, -0.2) is 17.9 Å². The van der Waals surface area contributed by atoms with Gasteiger partial charge >= 0.3 is 5.97 Å².